The van der Waals surface area contributed by atoms with Crippen LogP contribution in [0.2, 0.25) is 0 Å². The first-order valence-corrected chi connectivity index (χ1v) is 7.15. The van der Waals surface area contributed by atoms with Gasteiger partial charge in [0, 0.05) is 19.1 Å². The van der Waals surface area contributed by atoms with Gasteiger partial charge in [0.15, 0.2) is 0 Å². The summed E-state index contributed by atoms with van der Waals surface area (Å²) in [6.07, 6.45) is 5.27. The topological polar surface area (TPSA) is 78.6 Å². The highest BCUT2D eigenvalue weighted by molar-refractivity contribution is 5.90. The van der Waals surface area contributed by atoms with E-state index in [0.29, 0.717) is 11.7 Å². The molecule has 2 rings (SSSR count). The third kappa shape index (κ3) is 3.63. The normalized spacial score (nSPS) is 15.7. The average Bonchev–Trinajstić information content (AvgIpc) is 2.94. The monoisotopic (exact) mass is 277 g/mol. The first kappa shape index (κ1) is 14.7. The van der Waals surface area contributed by atoms with Crippen molar-refractivity contribution in [2.24, 2.45) is 0 Å². The maximum atomic E-state index is 10.8. The maximum absolute atomic E-state index is 10.8. The minimum absolute atomic E-state index is 0.219. The molecule has 0 spiro atoms. The third-order valence-corrected chi connectivity index (χ3v) is 4.03. The molecule has 0 aromatic heterocycles. The van der Waals surface area contributed by atoms with E-state index in [1.54, 1.807) is 12.1 Å². The zero-order valence-corrected chi connectivity index (χ0v) is 11.9. The molecule has 1 aromatic rings. The number of hydrogen-bond acceptors (Lipinski definition) is 4. The molecule has 0 heterocycles. The Bertz CT molecular complexity index is 470. The summed E-state index contributed by atoms with van der Waals surface area (Å²) in [6.45, 7) is 1.77. The van der Waals surface area contributed by atoms with E-state index in [-0.39, 0.29) is 5.56 Å². The molecule has 1 saturated carbocycles. The first-order chi connectivity index (χ1) is 9.58. The van der Waals surface area contributed by atoms with Crippen LogP contribution in [-0.4, -0.2) is 42.2 Å². The summed E-state index contributed by atoms with van der Waals surface area (Å²) in [5.41, 5.74) is 7.36. The average molecular weight is 277 g/mol. The SMILES string of the molecule is CN(CCNc1ccc(C(=O)O)cc1N)C1CCCC1. The number of rotatable bonds is 6. The van der Waals surface area contributed by atoms with Crippen LogP contribution in [0.5, 0.6) is 0 Å². The van der Waals surface area contributed by atoms with E-state index >= 15 is 0 Å². The van der Waals surface area contributed by atoms with Crippen LogP contribution in [0.15, 0.2) is 18.2 Å². The third-order valence-electron chi connectivity index (χ3n) is 4.03. The lowest BCUT2D eigenvalue weighted by atomic mass is 10.1. The molecule has 1 aliphatic rings. The highest BCUT2D eigenvalue weighted by atomic mass is 16.4. The summed E-state index contributed by atoms with van der Waals surface area (Å²) in [4.78, 5) is 13.2. The number of aromatic carboxylic acids is 1. The summed E-state index contributed by atoms with van der Waals surface area (Å²) >= 11 is 0. The number of nitrogen functional groups attached to an aromatic ring is 1. The zero-order chi connectivity index (χ0) is 14.5. The summed E-state index contributed by atoms with van der Waals surface area (Å²) < 4.78 is 0. The van der Waals surface area contributed by atoms with Crippen molar-refractivity contribution in [2.75, 3.05) is 31.2 Å². The van der Waals surface area contributed by atoms with Crippen LogP contribution in [0, 0.1) is 0 Å². The van der Waals surface area contributed by atoms with Crippen molar-refractivity contribution in [1.82, 2.24) is 4.90 Å². The molecule has 0 unspecified atom stereocenters. The molecule has 5 nitrogen and oxygen atoms in total. The smallest absolute Gasteiger partial charge is 0.335 e. The molecule has 0 radical (unpaired) electrons. The molecule has 4 N–H and O–H groups in total. The standard InChI is InChI=1S/C15H23N3O2/c1-18(12-4-2-3-5-12)9-8-17-14-7-6-11(15(19)20)10-13(14)16/h6-7,10,12,17H,2-5,8-9,16H2,1H3,(H,19,20). The molecule has 0 amide bonds. The molecular formula is C15H23N3O2. The number of benzene rings is 1. The fourth-order valence-corrected chi connectivity index (χ4v) is 2.75. The van der Waals surface area contributed by atoms with Crippen LogP contribution in [0.25, 0.3) is 0 Å². The van der Waals surface area contributed by atoms with E-state index < -0.39 is 5.97 Å². The van der Waals surface area contributed by atoms with Gasteiger partial charge in [-0.1, -0.05) is 12.8 Å². The lowest BCUT2D eigenvalue weighted by Crippen LogP contribution is -2.33. The van der Waals surface area contributed by atoms with Crippen LogP contribution >= 0.6 is 0 Å². The van der Waals surface area contributed by atoms with Gasteiger partial charge in [-0.2, -0.15) is 0 Å². The van der Waals surface area contributed by atoms with E-state index in [1.807, 2.05) is 0 Å². The number of carboxylic acids is 1. The van der Waals surface area contributed by atoms with Crippen LogP contribution in [0.4, 0.5) is 11.4 Å². The van der Waals surface area contributed by atoms with Gasteiger partial charge in [-0.25, -0.2) is 4.79 Å². The second kappa shape index (κ2) is 6.61. The van der Waals surface area contributed by atoms with Gasteiger partial charge in [0.05, 0.1) is 16.9 Å². The Labute approximate surface area is 119 Å². The lowest BCUT2D eigenvalue weighted by Gasteiger charge is -2.24. The molecule has 0 atom stereocenters. The minimum atomic E-state index is -0.954. The van der Waals surface area contributed by atoms with E-state index in [1.165, 1.54) is 31.7 Å². The van der Waals surface area contributed by atoms with Crippen molar-refractivity contribution in [1.29, 1.82) is 0 Å². The Morgan fingerprint density at radius 3 is 2.75 bits per heavy atom. The van der Waals surface area contributed by atoms with Gasteiger partial charge in [0.1, 0.15) is 0 Å². The van der Waals surface area contributed by atoms with E-state index in [9.17, 15) is 4.79 Å². The number of nitrogens with one attached hydrogen (secondary N) is 1. The van der Waals surface area contributed by atoms with Crippen molar-refractivity contribution in [3.05, 3.63) is 23.8 Å². The number of anilines is 2. The predicted molar refractivity (Wildman–Crippen MR) is 81.2 cm³/mol. The number of nitrogens with two attached hydrogens (primary N) is 1. The van der Waals surface area contributed by atoms with Gasteiger partial charge in [-0.05, 0) is 38.1 Å². The number of likely N-dealkylation sites (N-methyl/N-ethyl adjacent to an activating group) is 1. The second-order valence-electron chi connectivity index (χ2n) is 5.45. The first-order valence-electron chi connectivity index (χ1n) is 7.15. The molecule has 20 heavy (non-hydrogen) atoms. The summed E-state index contributed by atoms with van der Waals surface area (Å²) in [6, 6.07) is 5.50. The number of carbonyl (C=O) groups is 1. The van der Waals surface area contributed by atoms with Gasteiger partial charge < -0.3 is 21.1 Å². The summed E-state index contributed by atoms with van der Waals surface area (Å²) in [5.74, 6) is -0.954. The highest BCUT2D eigenvalue weighted by Gasteiger charge is 2.18. The maximum Gasteiger partial charge on any atom is 0.335 e. The van der Waals surface area contributed by atoms with Crippen molar-refractivity contribution >= 4 is 17.3 Å². The van der Waals surface area contributed by atoms with Gasteiger partial charge in [0.25, 0.3) is 0 Å². The molecule has 1 aromatic carbocycles. The van der Waals surface area contributed by atoms with Gasteiger partial charge in [-0.15, -0.1) is 0 Å². The Morgan fingerprint density at radius 2 is 2.15 bits per heavy atom. The molecule has 110 valence electrons. The van der Waals surface area contributed by atoms with E-state index in [0.717, 1.165) is 18.8 Å². The van der Waals surface area contributed by atoms with Gasteiger partial charge >= 0.3 is 5.97 Å². The Morgan fingerprint density at radius 1 is 1.45 bits per heavy atom. The minimum Gasteiger partial charge on any atom is -0.478 e. The Hall–Kier alpha value is -1.75. The number of carboxylic acid groups (broad SMARTS) is 1. The van der Waals surface area contributed by atoms with Crippen molar-refractivity contribution in [2.45, 2.75) is 31.7 Å². The van der Waals surface area contributed by atoms with Crippen LogP contribution in [-0.2, 0) is 0 Å². The Balaban J connectivity index is 1.83. The molecule has 1 fully saturated rings. The molecular weight excluding hydrogens is 254 g/mol. The predicted octanol–water partition coefficient (Wildman–Crippen LogP) is 2.25. The lowest BCUT2D eigenvalue weighted by molar-refractivity contribution is 0.0697. The fraction of sp³-hybridized carbons (Fsp3) is 0.533. The molecule has 0 bridgehead atoms. The fourth-order valence-electron chi connectivity index (χ4n) is 2.75. The quantitative estimate of drug-likeness (QED) is 0.695. The largest absolute Gasteiger partial charge is 0.478 e. The summed E-state index contributed by atoms with van der Waals surface area (Å²) in [7, 11) is 2.16. The Kier molecular flexibility index (Phi) is 4.84. The van der Waals surface area contributed by atoms with Crippen molar-refractivity contribution in [3.8, 4) is 0 Å². The van der Waals surface area contributed by atoms with Gasteiger partial charge in [-0.3, -0.25) is 0 Å². The molecule has 0 saturated heterocycles. The van der Waals surface area contributed by atoms with Crippen LogP contribution in [0.3, 0.4) is 0 Å². The summed E-state index contributed by atoms with van der Waals surface area (Å²) in [5, 5.41) is 12.2. The zero-order valence-electron chi connectivity index (χ0n) is 11.9. The van der Waals surface area contributed by atoms with E-state index in [4.69, 9.17) is 10.8 Å². The second-order valence-corrected chi connectivity index (χ2v) is 5.45. The van der Waals surface area contributed by atoms with Crippen molar-refractivity contribution in [3.63, 3.8) is 0 Å². The van der Waals surface area contributed by atoms with Crippen LogP contribution in [0.1, 0.15) is 36.0 Å². The number of nitrogens with zero attached hydrogens (tertiary/aromatic N) is 1. The van der Waals surface area contributed by atoms with Crippen LogP contribution < -0.4 is 11.1 Å². The van der Waals surface area contributed by atoms with Crippen molar-refractivity contribution < 1.29 is 9.90 Å². The molecule has 5 heteroatoms. The van der Waals surface area contributed by atoms with Gasteiger partial charge in [0.2, 0.25) is 0 Å². The van der Waals surface area contributed by atoms with E-state index in [2.05, 4.69) is 17.3 Å². The molecule has 0 aliphatic heterocycles. The number of hydrogen-bond donors (Lipinski definition) is 3. The molecule has 1 aliphatic carbocycles. The highest BCUT2D eigenvalue weighted by Crippen LogP contribution is 2.22.